The van der Waals surface area contributed by atoms with Crippen LogP contribution in [-0.4, -0.2) is 35.3 Å². The molecule has 1 atom stereocenters. The Hall–Kier alpha value is -2.57. The van der Waals surface area contributed by atoms with Crippen molar-refractivity contribution in [1.82, 2.24) is 4.90 Å². The number of carbonyl (C=O) groups is 3. The number of primary amides is 1. The molecule has 1 aromatic rings. The van der Waals surface area contributed by atoms with Gasteiger partial charge in [-0.05, 0) is 43.9 Å². The molecule has 0 aromatic heterocycles. The highest BCUT2D eigenvalue weighted by Gasteiger charge is 2.37. The summed E-state index contributed by atoms with van der Waals surface area (Å²) in [7, 11) is 0. The van der Waals surface area contributed by atoms with Crippen LogP contribution in [0.2, 0.25) is 0 Å². The zero-order valence-electron chi connectivity index (χ0n) is 14.9. The average molecular weight is 358 g/mol. The third-order valence-electron chi connectivity index (χ3n) is 5.19. The topological polar surface area (TPSA) is 105 Å². The normalized spacial score (nSPS) is 20.6. The van der Waals surface area contributed by atoms with Crippen LogP contribution in [0.4, 0.5) is 16.2 Å². The molecule has 2 aliphatic rings. The number of hydrogen-bond donors (Lipinski definition) is 3. The molecule has 7 nitrogen and oxygen atoms in total. The van der Waals surface area contributed by atoms with Crippen LogP contribution in [0.1, 0.15) is 44.9 Å². The third-order valence-corrected chi connectivity index (χ3v) is 5.19. The molecule has 3 rings (SSSR count). The summed E-state index contributed by atoms with van der Waals surface area (Å²) < 4.78 is 0. The lowest BCUT2D eigenvalue weighted by Crippen LogP contribution is -2.46. The number of likely N-dealkylation sites (tertiary alicyclic amines) is 1. The Morgan fingerprint density at radius 2 is 1.65 bits per heavy atom. The second kappa shape index (κ2) is 8.21. The summed E-state index contributed by atoms with van der Waals surface area (Å²) in [5, 5.41) is 5.34. The number of benzene rings is 1. The van der Waals surface area contributed by atoms with E-state index in [1.165, 1.54) is 6.42 Å². The third kappa shape index (κ3) is 4.33. The van der Waals surface area contributed by atoms with Crippen molar-refractivity contribution in [3.63, 3.8) is 0 Å². The van der Waals surface area contributed by atoms with Gasteiger partial charge in [0.15, 0.2) is 0 Å². The van der Waals surface area contributed by atoms with E-state index in [1.807, 2.05) is 0 Å². The molecule has 1 heterocycles. The number of anilines is 2. The van der Waals surface area contributed by atoms with Gasteiger partial charge in [-0.1, -0.05) is 25.3 Å². The van der Waals surface area contributed by atoms with Gasteiger partial charge in [0.2, 0.25) is 11.8 Å². The zero-order chi connectivity index (χ0) is 18.5. The fourth-order valence-electron chi connectivity index (χ4n) is 3.93. The van der Waals surface area contributed by atoms with E-state index in [0.717, 1.165) is 32.1 Å². The Bertz CT molecular complexity index is 685. The van der Waals surface area contributed by atoms with Crippen LogP contribution in [0.5, 0.6) is 0 Å². The minimum absolute atomic E-state index is 0.0697. The van der Waals surface area contributed by atoms with Gasteiger partial charge in [0.05, 0.1) is 0 Å². The molecule has 0 bridgehead atoms. The highest BCUT2D eigenvalue weighted by molar-refractivity contribution is 5.98. The van der Waals surface area contributed by atoms with Crippen LogP contribution >= 0.6 is 0 Å². The van der Waals surface area contributed by atoms with Gasteiger partial charge >= 0.3 is 6.03 Å². The van der Waals surface area contributed by atoms with Gasteiger partial charge in [0.1, 0.15) is 6.04 Å². The molecule has 1 aromatic carbocycles. The summed E-state index contributed by atoms with van der Waals surface area (Å²) in [5.74, 6) is 0.0228. The molecular formula is C19H26N4O3. The molecule has 1 aliphatic carbocycles. The number of carbonyl (C=O) groups excluding carboxylic acids is 3. The Balaban J connectivity index is 1.64. The van der Waals surface area contributed by atoms with Crippen LogP contribution in [0.15, 0.2) is 24.3 Å². The van der Waals surface area contributed by atoms with Gasteiger partial charge < -0.3 is 21.3 Å². The molecule has 4 amide bonds. The van der Waals surface area contributed by atoms with Gasteiger partial charge in [-0.3, -0.25) is 9.59 Å². The number of nitrogens with zero attached hydrogens (tertiary/aromatic N) is 1. The maximum absolute atomic E-state index is 12.8. The van der Waals surface area contributed by atoms with Crippen molar-refractivity contribution in [2.24, 2.45) is 11.7 Å². The van der Waals surface area contributed by atoms with Crippen LogP contribution in [0.3, 0.4) is 0 Å². The number of rotatable bonds is 4. The first-order chi connectivity index (χ1) is 12.5. The fraction of sp³-hybridized carbons (Fsp3) is 0.526. The summed E-state index contributed by atoms with van der Waals surface area (Å²) in [6, 6.07) is 5.72. The first-order valence-corrected chi connectivity index (χ1v) is 9.32. The van der Waals surface area contributed by atoms with E-state index >= 15 is 0 Å². The molecule has 0 radical (unpaired) electrons. The number of nitrogens with two attached hydrogens (primary N) is 1. The van der Waals surface area contributed by atoms with E-state index in [4.69, 9.17) is 5.73 Å². The van der Waals surface area contributed by atoms with Crippen LogP contribution in [0, 0.1) is 5.92 Å². The number of urea groups is 1. The predicted octanol–water partition coefficient (Wildman–Crippen LogP) is 2.69. The van der Waals surface area contributed by atoms with E-state index in [1.54, 1.807) is 29.2 Å². The van der Waals surface area contributed by atoms with Crippen molar-refractivity contribution in [2.75, 3.05) is 17.2 Å². The maximum Gasteiger partial charge on any atom is 0.316 e. The summed E-state index contributed by atoms with van der Waals surface area (Å²) in [6.07, 6.45) is 6.79. The standard InChI is InChI=1S/C19H26N4O3/c20-19(26)22-15-9-4-8-14(12-15)21-17(24)16-10-5-11-23(16)18(25)13-6-2-1-3-7-13/h4,8-9,12-13,16H,1-3,5-7,10-11H2,(H,21,24)(H3,20,22,26). The molecule has 26 heavy (non-hydrogen) atoms. The summed E-state index contributed by atoms with van der Waals surface area (Å²) >= 11 is 0. The number of nitrogens with one attached hydrogen (secondary N) is 2. The molecule has 1 saturated heterocycles. The first kappa shape index (κ1) is 18.2. The van der Waals surface area contributed by atoms with E-state index in [9.17, 15) is 14.4 Å². The average Bonchev–Trinajstić information content (AvgIpc) is 3.11. The smallest absolute Gasteiger partial charge is 0.316 e. The minimum atomic E-state index is -0.659. The Morgan fingerprint density at radius 1 is 0.962 bits per heavy atom. The van der Waals surface area contributed by atoms with Gasteiger partial charge in [0.25, 0.3) is 0 Å². The lowest BCUT2D eigenvalue weighted by molar-refractivity contribution is -0.141. The monoisotopic (exact) mass is 358 g/mol. The van der Waals surface area contributed by atoms with E-state index in [-0.39, 0.29) is 17.7 Å². The first-order valence-electron chi connectivity index (χ1n) is 9.32. The van der Waals surface area contributed by atoms with Crippen LogP contribution in [-0.2, 0) is 9.59 Å². The van der Waals surface area contributed by atoms with Gasteiger partial charge in [-0.2, -0.15) is 0 Å². The molecule has 0 spiro atoms. The lowest BCUT2D eigenvalue weighted by Gasteiger charge is -2.30. The van der Waals surface area contributed by atoms with Crippen molar-refractivity contribution < 1.29 is 14.4 Å². The van der Waals surface area contributed by atoms with E-state index in [0.29, 0.717) is 24.3 Å². The SMILES string of the molecule is NC(=O)Nc1cccc(NC(=O)C2CCCN2C(=O)C2CCCCC2)c1. The van der Waals surface area contributed by atoms with Gasteiger partial charge in [0, 0.05) is 23.8 Å². The maximum atomic E-state index is 12.8. The Morgan fingerprint density at radius 3 is 2.35 bits per heavy atom. The highest BCUT2D eigenvalue weighted by atomic mass is 16.2. The summed E-state index contributed by atoms with van der Waals surface area (Å²) in [5.41, 5.74) is 6.19. The van der Waals surface area contributed by atoms with E-state index in [2.05, 4.69) is 10.6 Å². The van der Waals surface area contributed by atoms with Crippen molar-refractivity contribution >= 4 is 29.2 Å². The van der Waals surface area contributed by atoms with Crippen molar-refractivity contribution in [3.05, 3.63) is 24.3 Å². The fourth-order valence-corrected chi connectivity index (χ4v) is 3.93. The second-order valence-corrected chi connectivity index (χ2v) is 7.08. The molecule has 1 unspecified atom stereocenters. The largest absolute Gasteiger partial charge is 0.351 e. The number of amides is 4. The van der Waals surface area contributed by atoms with Crippen molar-refractivity contribution in [3.8, 4) is 0 Å². The van der Waals surface area contributed by atoms with Gasteiger partial charge in [-0.25, -0.2) is 4.79 Å². The molecule has 1 aliphatic heterocycles. The Labute approximate surface area is 153 Å². The molecule has 1 saturated carbocycles. The van der Waals surface area contributed by atoms with E-state index < -0.39 is 12.1 Å². The van der Waals surface area contributed by atoms with Crippen molar-refractivity contribution in [2.45, 2.75) is 51.0 Å². The second-order valence-electron chi connectivity index (χ2n) is 7.08. The molecule has 7 heteroatoms. The zero-order valence-corrected chi connectivity index (χ0v) is 14.9. The Kier molecular flexibility index (Phi) is 5.75. The highest BCUT2D eigenvalue weighted by Crippen LogP contribution is 2.29. The predicted molar refractivity (Wildman–Crippen MR) is 99.6 cm³/mol. The molecule has 2 fully saturated rings. The molecule has 4 N–H and O–H groups in total. The van der Waals surface area contributed by atoms with Crippen molar-refractivity contribution in [1.29, 1.82) is 0 Å². The summed E-state index contributed by atoms with van der Waals surface area (Å²) in [6.45, 7) is 0.649. The summed E-state index contributed by atoms with van der Waals surface area (Å²) in [4.78, 5) is 38.3. The molecule has 140 valence electrons. The van der Waals surface area contributed by atoms with Crippen LogP contribution < -0.4 is 16.4 Å². The number of hydrogen-bond acceptors (Lipinski definition) is 3. The lowest BCUT2D eigenvalue weighted by atomic mass is 9.88. The van der Waals surface area contributed by atoms with Crippen LogP contribution in [0.25, 0.3) is 0 Å². The quantitative estimate of drug-likeness (QED) is 0.770. The molecular weight excluding hydrogens is 332 g/mol. The van der Waals surface area contributed by atoms with Gasteiger partial charge in [-0.15, -0.1) is 0 Å². The minimum Gasteiger partial charge on any atom is -0.351 e.